The zero-order valence-corrected chi connectivity index (χ0v) is 9.65. The number of rotatable bonds is 2. The van der Waals surface area contributed by atoms with Gasteiger partial charge in [0, 0.05) is 30.3 Å². The predicted octanol–water partition coefficient (Wildman–Crippen LogP) is 1.14. The monoisotopic (exact) mass is 232 g/mol. The van der Waals surface area contributed by atoms with Gasteiger partial charge < -0.3 is 5.73 Å². The van der Waals surface area contributed by atoms with E-state index < -0.39 is 0 Å². The highest BCUT2D eigenvalue weighted by Gasteiger charge is 2.19. The lowest BCUT2D eigenvalue weighted by molar-refractivity contribution is 0.681. The number of aromatic nitrogens is 3. The van der Waals surface area contributed by atoms with Crippen LogP contribution in [0, 0.1) is 0 Å². The minimum absolute atomic E-state index is 0.0836. The fourth-order valence-electron chi connectivity index (χ4n) is 2.61. The van der Waals surface area contributed by atoms with E-state index in [4.69, 9.17) is 5.73 Å². The zero-order valence-electron chi connectivity index (χ0n) is 9.65. The molecule has 3 rings (SSSR count). The van der Waals surface area contributed by atoms with Crippen molar-refractivity contribution in [3.8, 4) is 0 Å². The van der Waals surface area contributed by atoms with Crippen LogP contribution in [0.3, 0.4) is 0 Å². The lowest BCUT2D eigenvalue weighted by atomic mass is 10.1. The van der Waals surface area contributed by atoms with E-state index in [0.717, 1.165) is 5.69 Å². The molecule has 0 bridgehead atoms. The number of nitrogens with two attached hydrogens (primary N) is 1. The van der Waals surface area contributed by atoms with Gasteiger partial charge in [0.15, 0.2) is 5.65 Å². The fourth-order valence-corrected chi connectivity index (χ4v) is 2.61. The highest BCUT2D eigenvalue weighted by Crippen LogP contribution is 2.33. The van der Waals surface area contributed by atoms with Crippen LogP contribution in [0.25, 0.3) is 5.65 Å². The Labute approximate surface area is 98.6 Å². The standard InChI is InChI=1S/C12H16N4O/c13-7-9-5-12(17)16-11(14-9)6-10(15-16)8-3-1-2-4-8/h5-6,8,15H,1-4,7,13H2. The maximum absolute atomic E-state index is 11.8. The normalized spacial score (nSPS) is 17.0. The Morgan fingerprint density at radius 3 is 2.88 bits per heavy atom. The first-order valence-electron chi connectivity index (χ1n) is 6.09. The molecule has 3 N–H and O–H groups in total. The first kappa shape index (κ1) is 10.5. The molecule has 2 heterocycles. The van der Waals surface area contributed by atoms with Crippen molar-refractivity contribution in [3.05, 3.63) is 33.9 Å². The van der Waals surface area contributed by atoms with Crippen LogP contribution in [0.5, 0.6) is 0 Å². The Morgan fingerprint density at radius 1 is 1.41 bits per heavy atom. The highest BCUT2D eigenvalue weighted by atomic mass is 16.1. The average Bonchev–Trinajstić information content (AvgIpc) is 2.96. The predicted molar refractivity (Wildman–Crippen MR) is 64.9 cm³/mol. The minimum Gasteiger partial charge on any atom is -0.325 e. The quantitative estimate of drug-likeness (QED) is 0.815. The van der Waals surface area contributed by atoms with Gasteiger partial charge in [-0.05, 0) is 12.8 Å². The smallest absolute Gasteiger partial charge is 0.272 e. The molecule has 0 spiro atoms. The van der Waals surface area contributed by atoms with Crippen LogP contribution >= 0.6 is 0 Å². The van der Waals surface area contributed by atoms with E-state index in [-0.39, 0.29) is 5.56 Å². The average molecular weight is 232 g/mol. The van der Waals surface area contributed by atoms with E-state index in [1.807, 2.05) is 6.07 Å². The summed E-state index contributed by atoms with van der Waals surface area (Å²) in [6, 6.07) is 3.47. The molecule has 1 saturated carbocycles. The molecule has 0 aromatic carbocycles. The van der Waals surface area contributed by atoms with Crippen LogP contribution in [0.2, 0.25) is 0 Å². The van der Waals surface area contributed by atoms with E-state index in [9.17, 15) is 4.79 Å². The summed E-state index contributed by atoms with van der Waals surface area (Å²) < 4.78 is 1.51. The van der Waals surface area contributed by atoms with E-state index in [2.05, 4.69) is 10.1 Å². The van der Waals surface area contributed by atoms with Crippen molar-refractivity contribution in [2.45, 2.75) is 38.1 Å². The van der Waals surface area contributed by atoms with Gasteiger partial charge in [0.25, 0.3) is 5.56 Å². The Hall–Kier alpha value is -1.62. The van der Waals surface area contributed by atoms with Crippen molar-refractivity contribution >= 4 is 5.65 Å². The van der Waals surface area contributed by atoms with E-state index in [1.54, 1.807) is 0 Å². The Kier molecular flexibility index (Phi) is 2.48. The molecular weight excluding hydrogens is 216 g/mol. The molecule has 1 aliphatic carbocycles. The molecular formula is C12H16N4O. The van der Waals surface area contributed by atoms with Crippen molar-refractivity contribution < 1.29 is 0 Å². The van der Waals surface area contributed by atoms with Gasteiger partial charge in [0.2, 0.25) is 0 Å². The lowest BCUT2D eigenvalue weighted by Crippen LogP contribution is -2.17. The van der Waals surface area contributed by atoms with Gasteiger partial charge >= 0.3 is 0 Å². The number of nitrogens with zero attached hydrogens (tertiary/aromatic N) is 2. The number of fused-ring (bicyclic) bond motifs is 1. The van der Waals surface area contributed by atoms with Crippen molar-refractivity contribution in [3.63, 3.8) is 0 Å². The molecule has 0 radical (unpaired) electrons. The van der Waals surface area contributed by atoms with Gasteiger partial charge in [-0.25, -0.2) is 9.50 Å². The summed E-state index contributed by atoms with van der Waals surface area (Å²) >= 11 is 0. The highest BCUT2D eigenvalue weighted by molar-refractivity contribution is 5.40. The van der Waals surface area contributed by atoms with Crippen LogP contribution < -0.4 is 11.3 Å². The van der Waals surface area contributed by atoms with Gasteiger partial charge in [-0.1, -0.05) is 12.8 Å². The summed E-state index contributed by atoms with van der Waals surface area (Å²) in [6.07, 6.45) is 4.95. The van der Waals surface area contributed by atoms with Crippen LogP contribution in [0.4, 0.5) is 0 Å². The van der Waals surface area contributed by atoms with Crippen molar-refractivity contribution in [2.75, 3.05) is 0 Å². The second-order valence-corrected chi connectivity index (χ2v) is 4.68. The first-order chi connectivity index (χ1) is 8.28. The van der Waals surface area contributed by atoms with Gasteiger partial charge in [-0.3, -0.25) is 9.89 Å². The Morgan fingerprint density at radius 2 is 2.18 bits per heavy atom. The second kappa shape index (κ2) is 4.00. The fraction of sp³-hybridized carbons (Fsp3) is 0.500. The lowest BCUT2D eigenvalue weighted by Gasteiger charge is -2.03. The van der Waals surface area contributed by atoms with Crippen molar-refractivity contribution in [1.82, 2.24) is 14.6 Å². The third kappa shape index (κ3) is 1.76. The maximum Gasteiger partial charge on any atom is 0.272 e. The summed E-state index contributed by atoms with van der Waals surface area (Å²) in [6.45, 7) is 0.301. The molecule has 0 amide bonds. The maximum atomic E-state index is 11.8. The number of hydrogen-bond donors (Lipinski definition) is 2. The first-order valence-corrected chi connectivity index (χ1v) is 6.09. The van der Waals surface area contributed by atoms with E-state index >= 15 is 0 Å². The summed E-state index contributed by atoms with van der Waals surface area (Å²) in [4.78, 5) is 16.2. The van der Waals surface area contributed by atoms with Gasteiger partial charge in [0.1, 0.15) is 0 Å². The summed E-state index contributed by atoms with van der Waals surface area (Å²) in [7, 11) is 0. The number of aromatic amines is 1. The molecule has 0 saturated heterocycles. The molecule has 2 aromatic rings. The third-order valence-corrected chi connectivity index (χ3v) is 3.53. The van der Waals surface area contributed by atoms with Crippen LogP contribution in [0.1, 0.15) is 43.0 Å². The molecule has 0 unspecified atom stereocenters. The van der Waals surface area contributed by atoms with Crippen LogP contribution in [-0.4, -0.2) is 14.6 Å². The topological polar surface area (TPSA) is 76.2 Å². The third-order valence-electron chi connectivity index (χ3n) is 3.53. The molecule has 1 aliphatic rings. The van der Waals surface area contributed by atoms with Crippen molar-refractivity contribution in [1.29, 1.82) is 0 Å². The van der Waals surface area contributed by atoms with Crippen molar-refractivity contribution in [2.24, 2.45) is 5.73 Å². The van der Waals surface area contributed by atoms with Gasteiger partial charge in [0.05, 0.1) is 5.69 Å². The number of nitrogens with one attached hydrogen (secondary N) is 1. The number of H-pyrrole nitrogens is 1. The van der Waals surface area contributed by atoms with Crippen LogP contribution in [0.15, 0.2) is 16.9 Å². The SMILES string of the molecule is NCc1cc(=O)n2[nH]c(C3CCCC3)cc2n1. The largest absolute Gasteiger partial charge is 0.325 e. The summed E-state index contributed by atoms with van der Waals surface area (Å²) in [5.41, 5.74) is 7.89. The molecule has 0 aliphatic heterocycles. The molecule has 2 aromatic heterocycles. The molecule has 5 heteroatoms. The van der Waals surface area contributed by atoms with Gasteiger partial charge in [-0.2, -0.15) is 0 Å². The second-order valence-electron chi connectivity index (χ2n) is 4.68. The minimum atomic E-state index is -0.0836. The molecule has 5 nitrogen and oxygen atoms in total. The van der Waals surface area contributed by atoms with Crippen LogP contribution in [-0.2, 0) is 6.54 Å². The Balaban J connectivity index is 2.11. The summed E-state index contributed by atoms with van der Waals surface area (Å²) in [5.74, 6) is 0.553. The molecule has 0 atom stereocenters. The molecule has 90 valence electrons. The summed E-state index contributed by atoms with van der Waals surface area (Å²) in [5, 5.41) is 3.16. The molecule has 17 heavy (non-hydrogen) atoms. The van der Waals surface area contributed by atoms with E-state index in [0.29, 0.717) is 23.8 Å². The van der Waals surface area contributed by atoms with E-state index in [1.165, 1.54) is 36.3 Å². The number of hydrogen-bond acceptors (Lipinski definition) is 3. The molecule has 1 fully saturated rings. The van der Waals surface area contributed by atoms with Gasteiger partial charge in [-0.15, -0.1) is 0 Å². The Bertz CT molecular complexity index is 592. The zero-order chi connectivity index (χ0) is 11.8.